The van der Waals surface area contributed by atoms with Crippen molar-refractivity contribution in [3.63, 3.8) is 0 Å². The van der Waals surface area contributed by atoms with E-state index in [1.54, 1.807) is 11.1 Å². The molecule has 1 aromatic heterocycles. The van der Waals surface area contributed by atoms with Crippen LogP contribution in [0.1, 0.15) is 68.2 Å². The molecule has 7 aromatic rings. The number of rotatable bonds is 3. The van der Waals surface area contributed by atoms with Crippen LogP contribution in [0.4, 0.5) is 0 Å². The smallest absolute Gasteiger partial charge is 0.164 e. The van der Waals surface area contributed by atoms with Crippen LogP contribution < -0.4 is 0 Å². The highest BCUT2D eigenvalue weighted by Gasteiger charge is 2.61. The highest BCUT2D eigenvalue weighted by molar-refractivity contribution is 6.03. The third kappa shape index (κ3) is 4.03. The van der Waals surface area contributed by atoms with Gasteiger partial charge in [-0.15, -0.1) is 0 Å². The summed E-state index contributed by atoms with van der Waals surface area (Å²) in [5, 5.41) is 2.69. The van der Waals surface area contributed by atoms with Crippen molar-refractivity contribution in [3.05, 3.63) is 150 Å². The lowest BCUT2D eigenvalue weighted by molar-refractivity contribution is -0.0399. The second kappa shape index (κ2) is 10.6. The van der Waals surface area contributed by atoms with Crippen molar-refractivity contribution in [2.75, 3.05) is 0 Å². The van der Waals surface area contributed by atoms with Gasteiger partial charge in [-0.05, 0) is 123 Å². The van der Waals surface area contributed by atoms with Crippen molar-refractivity contribution in [1.29, 1.82) is 0 Å². The van der Waals surface area contributed by atoms with Gasteiger partial charge in [0.05, 0.1) is 0 Å². The van der Waals surface area contributed by atoms with Crippen LogP contribution in [0.3, 0.4) is 0 Å². The predicted molar refractivity (Wildman–Crippen MR) is 214 cm³/mol. The van der Waals surface area contributed by atoms with Crippen molar-refractivity contribution in [2.45, 2.75) is 56.8 Å². The number of benzene rings is 6. The Hall–Kier alpha value is -5.41. The van der Waals surface area contributed by atoms with Gasteiger partial charge in [0.1, 0.15) is 0 Å². The molecule has 0 N–H and O–H groups in total. The highest BCUT2D eigenvalue weighted by atomic mass is 15.0. The highest BCUT2D eigenvalue weighted by Crippen LogP contribution is 2.70. The van der Waals surface area contributed by atoms with E-state index in [2.05, 4.69) is 141 Å². The van der Waals surface area contributed by atoms with E-state index in [1.165, 1.54) is 76.3 Å². The molecule has 6 aromatic carbocycles. The first-order valence-corrected chi connectivity index (χ1v) is 19.7. The van der Waals surface area contributed by atoms with Gasteiger partial charge in [0, 0.05) is 27.5 Å². The van der Waals surface area contributed by atoms with Gasteiger partial charge in [0.25, 0.3) is 0 Å². The predicted octanol–water partition coefficient (Wildman–Crippen LogP) is 12.1. The molecule has 1 spiro atoms. The van der Waals surface area contributed by atoms with Crippen LogP contribution in [-0.2, 0) is 10.8 Å². The summed E-state index contributed by atoms with van der Waals surface area (Å²) in [6.07, 6.45) is 6.96. The van der Waals surface area contributed by atoms with Crippen LogP contribution in [0.25, 0.3) is 67.2 Å². The van der Waals surface area contributed by atoms with E-state index in [-0.39, 0.29) is 10.8 Å². The zero-order valence-electron chi connectivity index (χ0n) is 30.3. The van der Waals surface area contributed by atoms with E-state index in [9.17, 15) is 0 Å². The molecule has 13 rings (SSSR count). The summed E-state index contributed by atoms with van der Waals surface area (Å²) in [5.41, 5.74) is 14.4. The van der Waals surface area contributed by atoms with Gasteiger partial charge in [0.15, 0.2) is 17.5 Å². The third-order valence-corrected chi connectivity index (χ3v) is 14.3. The Kier molecular flexibility index (Phi) is 6.02. The molecule has 0 radical (unpaired) electrons. The lowest BCUT2D eigenvalue weighted by atomic mass is 9.43. The van der Waals surface area contributed by atoms with Crippen molar-refractivity contribution < 1.29 is 0 Å². The molecule has 6 aliphatic rings. The Labute approximate surface area is 311 Å². The van der Waals surface area contributed by atoms with Crippen molar-refractivity contribution in [3.8, 4) is 56.4 Å². The van der Waals surface area contributed by atoms with Crippen molar-refractivity contribution in [2.24, 2.45) is 23.7 Å². The maximum Gasteiger partial charge on any atom is 0.164 e. The normalized spacial score (nSPS) is 25.0. The minimum absolute atomic E-state index is 0.106. The Balaban J connectivity index is 1.06. The molecule has 53 heavy (non-hydrogen) atoms. The lowest BCUT2D eigenvalue weighted by Gasteiger charge is -2.61. The third-order valence-electron chi connectivity index (χ3n) is 14.3. The van der Waals surface area contributed by atoms with E-state index in [1.807, 2.05) is 0 Å². The monoisotopic (exact) mass is 683 g/mol. The molecule has 0 aliphatic heterocycles. The van der Waals surface area contributed by atoms with Gasteiger partial charge in [-0.1, -0.05) is 129 Å². The molecule has 4 saturated carbocycles. The Morgan fingerprint density at radius 1 is 0.453 bits per heavy atom. The van der Waals surface area contributed by atoms with Crippen LogP contribution in [0.2, 0.25) is 0 Å². The second-order valence-corrected chi connectivity index (χ2v) is 17.2. The Bertz CT molecular complexity index is 2640. The first-order valence-electron chi connectivity index (χ1n) is 19.7. The van der Waals surface area contributed by atoms with Gasteiger partial charge in [0.2, 0.25) is 0 Å². The molecule has 0 atom stereocenters. The van der Waals surface area contributed by atoms with E-state index >= 15 is 0 Å². The zero-order valence-corrected chi connectivity index (χ0v) is 30.3. The van der Waals surface area contributed by atoms with Gasteiger partial charge < -0.3 is 0 Å². The average Bonchev–Trinajstić information content (AvgIpc) is 3.62. The molecular weight excluding hydrogens is 643 g/mol. The van der Waals surface area contributed by atoms with Crippen molar-refractivity contribution in [1.82, 2.24) is 15.0 Å². The summed E-state index contributed by atoms with van der Waals surface area (Å²) in [5.74, 6) is 5.41. The molecule has 0 unspecified atom stereocenters. The van der Waals surface area contributed by atoms with Crippen LogP contribution >= 0.6 is 0 Å². The molecule has 1 heterocycles. The molecule has 4 fully saturated rings. The summed E-state index contributed by atoms with van der Waals surface area (Å²) >= 11 is 0. The van der Waals surface area contributed by atoms with Gasteiger partial charge in [-0.3, -0.25) is 0 Å². The molecule has 3 nitrogen and oxygen atoms in total. The average molecular weight is 684 g/mol. The number of hydrogen-bond donors (Lipinski definition) is 0. The summed E-state index contributed by atoms with van der Waals surface area (Å²) in [6.45, 7) is 4.66. The standard InChI is InChI=1S/C50H41N3/c1-49(2)41-15-9-8-14-38(41)39-19-16-34(28-44(39)49)48-52-46(32-11-4-3-5-12-32)51-47(53-48)33-18-20-42-40(27-33)45-37-13-7-6-10-31(37)17-21-43(45)50(42)35-23-29-22-30(25-35)26-36(50)24-29/h3-21,27-30,35-36H,22-26H2,1-2H3. The molecule has 6 aliphatic carbocycles. The largest absolute Gasteiger partial charge is 0.208 e. The Morgan fingerprint density at radius 2 is 1.06 bits per heavy atom. The minimum atomic E-state index is -0.107. The molecule has 4 bridgehead atoms. The summed E-state index contributed by atoms with van der Waals surface area (Å²) in [7, 11) is 0. The van der Waals surface area contributed by atoms with Crippen LogP contribution in [-0.4, -0.2) is 15.0 Å². The van der Waals surface area contributed by atoms with Crippen LogP contribution in [0.5, 0.6) is 0 Å². The second-order valence-electron chi connectivity index (χ2n) is 17.2. The van der Waals surface area contributed by atoms with Crippen LogP contribution in [0, 0.1) is 23.7 Å². The fourth-order valence-electron chi connectivity index (χ4n) is 12.3. The molecule has 3 heteroatoms. The maximum atomic E-state index is 5.32. The van der Waals surface area contributed by atoms with Gasteiger partial charge >= 0.3 is 0 Å². The molecule has 256 valence electrons. The van der Waals surface area contributed by atoms with E-state index in [0.29, 0.717) is 11.6 Å². The summed E-state index contributed by atoms with van der Waals surface area (Å²) in [4.78, 5) is 15.7. The van der Waals surface area contributed by atoms with E-state index in [0.717, 1.165) is 46.2 Å². The lowest BCUT2D eigenvalue weighted by Crippen LogP contribution is -2.55. The SMILES string of the molecule is CC1(C)c2ccccc2-c2ccc(-c3nc(-c4ccccc4)nc(-c4ccc5c(c4)-c4c(ccc6ccccc46)C54C5CC6CC(C5)CC4C6)n3)cc21. The van der Waals surface area contributed by atoms with E-state index < -0.39 is 0 Å². The molecular formula is C50H41N3. The number of hydrogen-bond acceptors (Lipinski definition) is 3. The van der Waals surface area contributed by atoms with Gasteiger partial charge in [-0.2, -0.15) is 0 Å². The maximum absolute atomic E-state index is 5.32. The van der Waals surface area contributed by atoms with Crippen LogP contribution in [0.15, 0.2) is 127 Å². The minimum Gasteiger partial charge on any atom is -0.208 e. The number of fused-ring (bicyclic) bond motifs is 8. The fraction of sp³-hybridized carbons (Fsp3) is 0.260. The molecule has 0 amide bonds. The topological polar surface area (TPSA) is 38.7 Å². The zero-order chi connectivity index (χ0) is 35.1. The van der Waals surface area contributed by atoms with Crippen molar-refractivity contribution >= 4 is 10.8 Å². The summed E-state index contributed by atoms with van der Waals surface area (Å²) < 4.78 is 0. The summed E-state index contributed by atoms with van der Waals surface area (Å²) in [6, 6.07) is 47.2. The van der Waals surface area contributed by atoms with Gasteiger partial charge in [-0.25, -0.2) is 15.0 Å². The fourth-order valence-corrected chi connectivity index (χ4v) is 12.3. The Morgan fingerprint density at radius 3 is 1.83 bits per heavy atom. The van der Waals surface area contributed by atoms with E-state index in [4.69, 9.17) is 15.0 Å². The molecule has 0 saturated heterocycles. The quantitative estimate of drug-likeness (QED) is 0.186. The number of aromatic nitrogens is 3. The first kappa shape index (κ1) is 30.1. The number of nitrogens with zero attached hydrogens (tertiary/aromatic N) is 3. The first-order chi connectivity index (χ1) is 26.0.